The van der Waals surface area contributed by atoms with Crippen LogP contribution in [0.5, 0.6) is 5.75 Å². The number of rotatable bonds is 3. The number of benzene rings is 2. The van der Waals surface area contributed by atoms with Crippen LogP contribution >= 0.6 is 0 Å². The highest BCUT2D eigenvalue weighted by Crippen LogP contribution is 2.59. The first kappa shape index (κ1) is 17.2. The average molecular weight is 379 g/mol. The molecule has 7 nitrogen and oxygen atoms in total. The lowest BCUT2D eigenvalue weighted by atomic mass is 9.73. The smallest absolute Gasteiger partial charge is 0.250 e. The standard InChI is InChI=1S/C21H21N3O4/c1-28-14-10-8-13(9-11-14)18-19(24(26)27)17-7-4-12-23(17)21(18)15-5-2-3-6-16(15)22-20(21)25/h2-3,5-6,8-11,17-19H,4,7,12H2,1H3,(H,22,25)/t17-,18-,19+,21+/m1/s1. The largest absolute Gasteiger partial charge is 0.497 e. The minimum atomic E-state index is -1.05. The average Bonchev–Trinajstić information content (AvgIpc) is 3.35. The minimum absolute atomic E-state index is 0.161. The Kier molecular flexibility index (Phi) is 3.71. The molecule has 0 radical (unpaired) electrons. The summed E-state index contributed by atoms with van der Waals surface area (Å²) in [4.78, 5) is 27.6. The summed E-state index contributed by atoms with van der Waals surface area (Å²) in [6, 6.07) is 13.8. The molecule has 0 aromatic heterocycles. The Morgan fingerprint density at radius 2 is 1.96 bits per heavy atom. The fourth-order valence-corrected chi connectivity index (χ4v) is 5.60. The summed E-state index contributed by atoms with van der Waals surface area (Å²) in [6.07, 6.45) is 1.59. The number of amides is 1. The summed E-state index contributed by atoms with van der Waals surface area (Å²) in [5.74, 6) is -0.0432. The predicted molar refractivity (Wildman–Crippen MR) is 103 cm³/mol. The Hall–Kier alpha value is -2.93. The molecular weight excluding hydrogens is 358 g/mol. The first-order valence-corrected chi connectivity index (χ1v) is 9.54. The first-order chi connectivity index (χ1) is 13.6. The third kappa shape index (κ3) is 2.05. The fourth-order valence-electron chi connectivity index (χ4n) is 5.60. The molecule has 28 heavy (non-hydrogen) atoms. The van der Waals surface area contributed by atoms with Gasteiger partial charge < -0.3 is 10.1 Å². The van der Waals surface area contributed by atoms with Crippen molar-refractivity contribution in [3.63, 3.8) is 0 Å². The predicted octanol–water partition coefficient (Wildman–Crippen LogP) is 2.75. The van der Waals surface area contributed by atoms with E-state index in [4.69, 9.17) is 4.74 Å². The van der Waals surface area contributed by atoms with Crippen molar-refractivity contribution in [2.45, 2.75) is 36.4 Å². The maximum Gasteiger partial charge on any atom is 0.250 e. The number of hydrogen-bond acceptors (Lipinski definition) is 5. The second-order valence-corrected chi connectivity index (χ2v) is 7.70. The lowest BCUT2D eigenvalue weighted by Gasteiger charge is -2.36. The molecule has 1 N–H and O–H groups in total. The van der Waals surface area contributed by atoms with Crippen molar-refractivity contribution in [2.75, 3.05) is 19.0 Å². The second-order valence-electron chi connectivity index (χ2n) is 7.70. The maximum absolute atomic E-state index is 13.5. The normalized spacial score (nSPS) is 30.9. The second kappa shape index (κ2) is 6.04. The van der Waals surface area contributed by atoms with Crippen LogP contribution < -0.4 is 10.1 Å². The molecule has 4 atom stereocenters. The van der Waals surface area contributed by atoms with Gasteiger partial charge in [-0.25, -0.2) is 0 Å². The number of carbonyl (C=O) groups is 1. The van der Waals surface area contributed by atoms with Gasteiger partial charge >= 0.3 is 0 Å². The van der Waals surface area contributed by atoms with Gasteiger partial charge in [-0.2, -0.15) is 0 Å². The number of carbonyl (C=O) groups excluding carboxylic acids is 1. The van der Waals surface area contributed by atoms with Crippen molar-refractivity contribution in [3.8, 4) is 5.75 Å². The lowest BCUT2D eigenvalue weighted by Crippen LogP contribution is -2.50. The quantitative estimate of drug-likeness (QED) is 0.655. The number of nitro groups is 1. The number of hydrogen-bond donors (Lipinski definition) is 1. The van der Waals surface area contributed by atoms with E-state index < -0.39 is 17.5 Å². The van der Waals surface area contributed by atoms with Crippen LogP contribution in [-0.2, 0) is 10.3 Å². The minimum Gasteiger partial charge on any atom is -0.497 e. The van der Waals surface area contributed by atoms with Gasteiger partial charge in [0.1, 0.15) is 11.3 Å². The van der Waals surface area contributed by atoms with Crippen LogP contribution in [0.2, 0.25) is 0 Å². The molecule has 1 spiro atoms. The Balaban J connectivity index is 1.77. The number of methoxy groups -OCH3 is 1. The van der Waals surface area contributed by atoms with Crippen LogP contribution in [0.25, 0.3) is 0 Å². The number of fused-ring (bicyclic) bond motifs is 4. The van der Waals surface area contributed by atoms with Crippen LogP contribution in [0.3, 0.4) is 0 Å². The molecule has 3 aliphatic heterocycles. The number of ether oxygens (including phenoxy) is 1. The highest BCUT2D eigenvalue weighted by atomic mass is 16.6. The molecule has 2 aromatic rings. The molecule has 2 aromatic carbocycles. The Bertz CT molecular complexity index is 960. The van der Waals surface area contributed by atoms with Crippen molar-refractivity contribution in [2.24, 2.45) is 0 Å². The van der Waals surface area contributed by atoms with Gasteiger partial charge in [0.2, 0.25) is 6.04 Å². The van der Waals surface area contributed by atoms with E-state index in [-0.39, 0.29) is 16.9 Å². The molecule has 3 heterocycles. The van der Waals surface area contributed by atoms with Crippen molar-refractivity contribution < 1.29 is 14.5 Å². The van der Waals surface area contributed by atoms with Crippen molar-refractivity contribution in [3.05, 3.63) is 69.8 Å². The maximum atomic E-state index is 13.5. The molecule has 1 amide bonds. The van der Waals surface area contributed by atoms with Gasteiger partial charge in [0.25, 0.3) is 5.91 Å². The van der Waals surface area contributed by atoms with Crippen LogP contribution in [0, 0.1) is 10.1 Å². The van der Waals surface area contributed by atoms with Crippen LogP contribution in [0.1, 0.15) is 29.9 Å². The molecule has 3 aliphatic rings. The summed E-state index contributed by atoms with van der Waals surface area (Å²) in [5.41, 5.74) is 1.34. The highest BCUT2D eigenvalue weighted by Gasteiger charge is 2.71. The molecule has 0 aliphatic carbocycles. The van der Waals surface area contributed by atoms with Crippen LogP contribution in [0.15, 0.2) is 48.5 Å². The molecular formula is C21H21N3O4. The van der Waals surface area contributed by atoms with E-state index in [0.29, 0.717) is 12.3 Å². The van der Waals surface area contributed by atoms with Gasteiger partial charge in [-0.3, -0.25) is 19.8 Å². The number of nitrogens with one attached hydrogen (secondary N) is 1. The SMILES string of the molecule is COc1ccc([C@@H]2[C@@H]([N+](=O)[O-])[C@H]3CCCN3[C@]23C(=O)Nc2ccccc23)cc1. The summed E-state index contributed by atoms with van der Waals surface area (Å²) in [6.45, 7) is 0.684. The molecule has 0 unspecified atom stereocenters. The third-order valence-electron chi connectivity index (χ3n) is 6.59. The topological polar surface area (TPSA) is 84.7 Å². The molecule has 0 bridgehead atoms. The van der Waals surface area contributed by atoms with Gasteiger partial charge in [-0.15, -0.1) is 0 Å². The molecule has 2 fully saturated rings. The summed E-state index contributed by atoms with van der Waals surface area (Å²) < 4.78 is 5.25. The molecule has 0 saturated carbocycles. The van der Waals surface area contributed by atoms with Crippen molar-refractivity contribution in [1.29, 1.82) is 0 Å². The van der Waals surface area contributed by atoms with E-state index >= 15 is 0 Å². The van der Waals surface area contributed by atoms with Gasteiger partial charge in [0.05, 0.1) is 19.1 Å². The lowest BCUT2D eigenvalue weighted by molar-refractivity contribution is -0.527. The van der Waals surface area contributed by atoms with Crippen molar-refractivity contribution >= 4 is 11.6 Å². The zero-order valence-electron chi connectivity index (χ0n) is 15.5. The van der Waals surface area contributed by atoms with E-state index in [1.54, 1.807) is 7.11 Å². The van der Waals surface area contributed by atoms with E-state index in [1.807, 2.05) is 48.5 Å². The van der Waals surface area contributed by atoms with Gasteiger partial charge in [-0.1, -0.05) is 30.3 Å². The first-order valence-electron chi connectivity index (χ1n) is 9.54. The van der Waals surface area contributed by atoms with E-state index in [9.17, 15) is 14.9 Å². The van der Waals surface area contributed by atoms with Crippen LogP contribution in [-0.4, -0.2) is 41.5 Å². The van der Waals surface area contributed by atoms with E-state index in [0.717, 1.165) is 29.7 Å². The molecule has 144 valence electrons. The van der Waals surface area contributed by atoms with E-state index in [1.165, 1.54) is 0 Å². The summed E-state index contributed by atoms with van der Waals surface area (Å²) in [5, 5.41) is 15.2. The number of para-hydroxylation sites is 1. The van der Waals surface area contributed by atoms with Crippen LogP contribution in [0.4, 0.5) is 5.69 Å². The number of anilines is 1. The van der Waals surface area contributed by atoms with Crippen molar-refractivity contribution in [1.82, 2.24) is 4.90 Å². The van der Waals surface area contributed by atoms with Gasteiger partial charge in [0.15, 0.2) is 0 Å². The third-order valence-corrected chi connectivity index (χ3v) is 6.59. The molecule has 5 rings (SSSR count). The Morgan fingerprint density at radius 3 is 2.68 bits per heavy atom. The van der Waals surface area contributed by atoms with Gasteiger partial charge in [-0.05, 0) is 36.6 Å². The summed E-state index contributed by atoms with van der Waals surface area (Å²) >= 11 is 0. The monoisotopic (exact) mass is 379 g/mol. The zero-order chi connectivity index (χ0) is 19.5. The Labute approximate surface area is 162 Å². The zero-order valence-corrected chi connectivity index (χ0v) is 15.5. The number of nitrogens with zero attached hydrogens (tertiary/aromatic N) is 2. The summed E-state index contributed by atoms with van der Waals surface area (Å²) in [7, 11) is 1.59. The van der Waals surface area contributed by atoms with Gasteiger partial charge in [0, 0.05) is 22.7 Å². The van der Waals surface area contributed by atoms with E-state index in [2.05, 4.69) is 10.2 Å². The Morgan fingerprint density at radius 1 is 1.21 bits per heavy atom. The molecule has 7 heteroatoms. The molecule has 2 saturated heterocycles. The fraction of sp³-hybridized carbons (Fsp3) is 0.381. The highest BCUT2D eigenvalue weighted by molar-refractivity contribution is 6.07.